The molecule has 1 atom stereocenters. The van der Waals surface area contributed by atoms with Crippen molar-refractivity contribution < 1.29 is 29.6 Å². The molecular formula is C23H24N2O6. The number of aliphatic hydroxyl groups excluding tert-OH is 1. The van der Waals surface area contributed by atoms with Gasteiger partial charge in [0.2, 0.25) is 0 Å². The summed E-state index contributed by atoms with van der Waals surface area (Å²) in [6, 6.07) is 12.6. The number of methoxy groups -OCH3 is 1. The molecule has 0 bridgehead atoms. The van der Waals surface area contributed by atoms with Gasteiger partial charge in [-0.25, -0.2) is 9.78 Å². The summed E-state index contributed by atoms with van der Waals surface area (Å²) in [7, 11) is 1.52. The van der Waals surface area contributed by atoms with E-state index in [4.69, 9.17) is 9.84 Å². The first kappa shape index (κ1) is 22.2. The third kappa shape index (κ3) is 5.56. The second-order valence-corrected chi connectivity index (χ2v) is 7.18. The summed E-state index contributed by atoms with van der Waals surface area (Å²) < 4.78 is 5.21. The fourth-order valence-electron chi connectivity index (χ4n) is 3.38. The van der Waals surface area contributed by atoms with Crippen molar-refractivity contribution in [3.63, 3.8) is 0 Å². The van der Waals surface area contributed by atoms with Gasteiger partial charge in [0.1, 0.15) is 11.4 Å². The number of carboxylic acids is 1. The third-order valence-corrected chi connectivity index (χ3v) is 4.86. The van der Waals surface area contributed by atoms with E-state index in [-0.39, 0.29) is 36.3 Å². The molecule has 0 saturated carbocycles. The first-order valence-corrected chi connectivity index (χ1v) is 9.76. The highest BCUT2D eigenvalue weighted by molar-refractivity contribution is 6.06. The summed E-state index contributed by atoms with van der Waals surface area (Å²) in [5.74, 6) is -1.52. The molecule has 3 rings (SSSR count). The van der Waals surface area contributed by atoms with Gasteiger partial charge in [-0.3, -0.25) is 4.79 Å². The van der Waals surface area contributed by atoms with Crippen LogP contribution in [-0.4, -0.2) is 58.5 Å². The predicted octanol–water partition coefficient (Wildman–Crippen LogP) is 2.16. The number of nitrogens with zero attached hydrogens (tertiary/aromatic N) is 1. The Labute approximate surface area is 179 Å². The summed E-state index contributed by atoms with van der Waals surface area (Å²) in [5.41, 5.74) is 2.02. The van der Waals surface area contributed by atoms with Gasteiger partial charge in [0.25, 0.3) is 5.91 Å². The Morgan fingerprint density at radius 2 is 1.81 bits per heavy atom. The molecule has 0 saturated heterocycles. The number of benzene rings is 2. The fraction of sp³-hybridized carbons (Fsp3) is 0.261. The van der Waals surface area contributed by atoms with Crippen LogP contribution in [0.4, 0.5) is 0 Å². The quantitative estimate of drug-likeness (QED) is 0.414. The highest BCUT2D eigenvalue weighted by Crippen LogP contribution is 2.21. The standard InChI is InChI=1S/C23H24N2O6/c1-31-13-16(10-14-2-5-17(27)6-3-14)24-22(28)21-12-19(23(29)30)18-11-15(8-9-26)4-7-20(18)25-21/h2-7,11-12,16,26-27H,8-10,13H2,1H3,(H,24,28)(H,29,30)/t16-/m0/s1. The second kappa shape index (κ2) is 10.0. The van der Waals surface area contributed by atoms with Gasteiger partial charge in [-0.15, -0.1) is 0 Å². The lowest BCUT2D eigenvalue weighted by Gasteiger charge is -2.18. The van der Waals surface area contributed by atoms with Crippen LogP contribution in [0.15, 0.2) is 48.5 Å². The zero-order valence-electron chi connectivity index (χ0n) is 17.0. The molecule has 0 radical (unpaired) electrons. The van der Waals surface area contributed by atoms with E-state index in [1.54, 1.807) is 42.5 Å². The number of hydrogen-bond donors (Lipinski definition) is 4. The summed E-state index contributed by atoms with van der Waals surface area (Å²) in [6.45, 7) is 0.195. The van der Waals surface area contributed by atoms with Gasteiger partial charge in [-0.05, 0) is 54.3 Å². The van der Waals surface area contributed by atoms with Gasteiger partial charge in [-0.2, -0.15) is 0 Å². The molecule has 1 aromatic heterocycles. The van der Waals surface area contributed by atoms with Crippen molar-refractivity contribution in [1.82, 2.24) is 10.3 Å². The lowest BCUT2D eigenvalue weighted by Crippen LogP contribution is -2.40. The van der Waals surface area contributed by atoms with Gasteiger partial charge >= 0.3 is 5.97 Å². The van der Waals surface area contributed by atoms with Crippen molar-refractivity contribution in [3.05, 3.63) is 70.9 Å². The monoisotopic (exact) mass is 424 g/mol. The Hall–Kier alpha value is -3.49. The van der Waals surface area contributed by atoms with E-state index in [0.29, 0.717) is 23.7 Å². The number of phenolic OH excluding ortho intramolecular Hbond substituents is 1. The Kier molecular flexibility index (Phi) is 7.17. The highest BCUT2D eigenvalue weighted by atomic mass is 16.5. The SMILES string of the molecule is COC[C@H](Cc1ccc(O)cc1)NC(=O)c1cc(C(=O)O)c2cc(CCO)ccc2n1. The number of rotatable bonds is 9. The number of ether oxygens (including phenoxy) is 1. The minimum absolute atomic E-state index is 0.00776. The minimum Gasteiger partial charge on any atom is -0.508 e. The van der Waals surface area contributed by atoms with Crippen LogP contribution in [0.25, 0.3) is 10.9 Å². The van der Waals surface area contributed by atoms with E-state index in [9.17, 15) is 19.8 Å². The smallest absolute Gasteiger partial charge is 0.336 e. The van der Waals surface area contributed by atoms with Crippen LogP contribution < -0.4 is 5.32 Å². The maximum atomic E-state index is 12.9. The lowest BCUT2D eigenvalue weighted by atomic mass is 10.0. The molecule has 4 N–H and O–H groups in total. The summed E-state index contributed by atoms with van der Waals surface area (Å²) >= 11 is 0. The predicted molar refractivity (Wildman–Crippen MR) is 114 cm³/mol. The number of amides is 1. The summed E-state index contributed by atoms with van der Waals surface area (Å²) in [6.07, 6.45) is 0.858. The molecule has 0 aliphatic carbocycles. The Balaban J connectivity index is 1.88. The number of carbonyl (C=O) groups is 2. The molecule has 1 heterocycles. The van der Waals surface area contributed by atoms with Crippen molar-refractivity contribution in [2.75, 3.05) is 20.3 Å². The normalized spacial score (nSPS) is 11.9. The van der Waals surface area contributed by atoms with E-state index in [1.807, 2.05) is 0 Å². The number of aromatic hydroxyl groups is 1. The third-order valence-electron chi connectivity index (χ3n) is 4.86. The molecule has 8 heteroatoms. The molecular weight excluding hydrogens is 400 g/mol. The van der Waals surface area contributed by atoms with Crippen LogP contribution in [-0.2, 0) is 17.6 Å². The van der Waals surface area contributed by atoms with Crippen molar-refractivity contribution in [2.24, 2.45) is 0 Å². The van der Waals surface area contributed by atoms with Gasteiger partial charge in [0.05, 0.1) is 23.7 Å². The molecule has 31 heavy (non-hydrogen) atoms. The van der Waals surface area contributed by atoms with Gasteiger partial charge in [-0.1, -0.05) is 18.2 Å². The maximum absolute atomic E-state index is 12.9. The molecule has 0 aliphatic rings. The number of nitrogens with one attached hydrogen (secondary N) is 1. The van der Waals surface area contributed by atoms with E-state index in [1.165, 1.54) is 13.2 Å². The average molecular weight is 424 g/mol. The largest absolute Gasteiger partial charge is 0.508 e. The van der Waals surface area contributed by atoms with Gasteiger partial charge in [0.15, 0.2) is 0 Å². The molecule has 0 spiro atoms. The molecule has 0 unspecified atom stereocenters. The van der Waals surface area contributed by atoms with Crippen LogP contribution in [0.2, 0.25) is 0 Å². The zero-order valence-corrected chi connectivity index (χ0v) is 17.0. The lowest BCUT2D eigenvalue weighted by molar-refractivity contribution is 0.0699. The number of aliphatic hydroxyl groups is 1. The Bertz CT molecular complexity index is 1080. The minimum atomic E-state index is -1.17. The summed E-state index contributed by atoms with van der Waals surface area (Å²) in [5, 5.41) is 31.5. The number of pyridine rings is 1. The number of aromatic carboxylic acids is 1. The first-order valence-electron chi connectivity index (χ1n) is 9.76. The van der Waals surface area contributed by atoms with Crippen molar-refractivity contribution in [2.45, 2.75) is 18.9 Å². The number of hydrogen-bond acceptors (Lipinski definition) is 6. The highest BCUT2D eigenvalue weighted by Gasteiger charge is 2.19. The van der Waals surface area contributed by atoms with E-state index < -0.39 is 11.9 Å². The fourth-order valence-corrected chi connectivity index (χ4v) is 3.38. The molecule has 0 aliphatic heterocycles. The number of aromatic nitrogens is 1. The van der Waals surface area contributed by atoms with Crippen LogP contribution in [0.5, 0.6) is 5.75 Å². The van der Waals surface area contributed by atoms with Gasteiger partial charge in [0, 0.05) is 19.1 Å². The molecule has 2 aromatic carbocycles. The van der Waals surface area contributed by atoms with Crippen LogP contribution in [0.3, 0.4) is 0 Å². The van der Waals surface area contributed by atoms with Crippen molar-refractivity contribution in [1.29, 1.82) is 0 Å². The van der Waals surface area contributed by atoms with Crippen LogP contribution in [0, 0.1) is 0 Å². The van der Waals surface area contributed by atoms with Gasteiger partial charge < -0.3 is 25.4 Å². The van der Waals surface area contributed by atoms with E-state index in [0.717, 1.165) is 11.1 Å². The number of phenols is 1. The number of carbonyl (C=O) groups excluding carboxylic acids is 1. The zero-order chi connectivity index (χ0) is 22.4. The van der Waals surface area contributed by atoms with Crippen LogP contribution >= 0.6 is 0 Å². The Morgan fingerprint density at radius 1 is 1.10 bits per heavy atom. The molecule has 8 nitrogen and oxygen atoms in total. The molecule has 0 fully saturated rings. The van der Waals surface area contributed by atoms with E-state index in [2.05, 4.69) is 10.3 Å². The molecule has 1 amide bonds. The van der Waals surface area contributed by atoms with Crippen molar-refractivity contribution in [3.8, 4) is 5.75 Å². The molecule has 3 aromatic rings. The molecule has 162 valence electrons. The Morgan fingerprint density at radius 3 is 2.45 bits per heavy atom. The first-order chi connectivity index (χ1) is 14.9. The average Bonchev–Trinajstić information content (AvgIpc) is 2.74. The second-order valence-electron chi connectivity index (χ2n) is 7.18. The van der Waals surface area contributed by atoms with E-state index >= 15 is 0 Å². The van der Waals surface area contributed by atoms with Crippen molar-refractivity contribution >= 4 is 22.8 Å². The van der Waals surface area contributed by atoms with Crippen LogP contribution in [0.1, 0.15) is 32.0 Å². The number of fused-ring (bicyclic) bond motifs is 1. The summed E-state index contributed by atoms with van der Waals surface area (Å²) in [4.78, 5) is 29.0. The maximum Gasteiger partial charge on any atom is 0.336 e. The number of carboxylic acid groups (broad SMARTS) is 1. The topological polar surface area (TPSA) is 129 Å².